The van der Waals surface area contributed by atoms with Crippen molar-refractivity contribution in [3.8, 4) is 0 Å². The summed E-state index contributed by atoms with van der Waals surface area (Å²) in [5, 5.41) is 9.91. The molecule has 0 bridgehead atoms. The van der Waals surface area contributed by atoms with Crippen LogP contribution in [0.1, 0.15) is 30.6 Å². The minimum absolute atomic E-state index is 0.310. The van der Waals surface area contributed by atoms with E-state index in [0.29, 0.717) is 5.56 Å². The van der Waals surface area contributed by atoms with Crippen LogP contribution in [0.4, 0.5) is 15.8 Å². The number of halogens is 1. The molecule has 1 aliphatic heterocycles. The highest BCUT2D eigenvalue weighted by Crippen LogP contribution is 2.37. The fraction of sp³-hybridized carbons (Fsp3) is 0.294. The second kappa shape index (κ2) is 5.25. The molecule has 3 heteroatoms. The van der Waals surface area contributed by atoms with Crippen LogP contribution in [0, 0.1) is 5.82 Å². The Kier molecular flexibility index (Phi) is 3.45. The number of hydrogen-bond donors (Lipinski definition) is 1. The Hall–Kier alpha value is -1.87. The van der Waals surface area contributed by atoms with Gasteiger partial charge < -0.3 is 10.0 Å². The van der Waals surface area contributed by atoms with Gasteiger partial charge >= 0.3 is 0 Å². The van der Waals surface area contributed by atoms with Gasteiger partial charge in [-0.3, -0.25) is 0 Å². The average molecular weight is 271 g/mol. The molecule has 2 aromatic rings. The number of rotatable bonds is 2. The molecule has 0 radical (unpaired) electrons. The maximum Gasteiger partial charge on any atom is 0.123 e. The van der Waals surface area contributed by atoms with Gasteiger partial charge in [-0.05, 0) is 49.6 Å². The number of hydrogen-bond acceptors (Lipinski definition) is 2. The predicted octanol–water partition coefficient (Wildman–Crippen LogP) is 3.96. The minimum atomic E-state index is -0.685. The highest BCUT2D eigenvalue weighted by Gasteiger charge is 2.21. The molecule has 3 rings (SSSR count). The lowest BCUT2D eigenvalue weighted by molar-refractivity contribution is 0.199. The van der Waals surface area contributed by atoms with Gasteiger partial charge in [0.15, 0.2) is 0 Å². The molecule has 0 saturated heterocycles. The van der Waals surface area contributed by atoms with Crippen LogP contribution in [0.3, 0.4) is 0 Å². The van der Waals surface area contributed by atoms with E-state index in [1.165, 1.54) is 17.7 Å². The van der Waals surface area contributed by atoms with Crippen molar-refractivity contribution < 1.29 is 9.50 Å². The summed E-state index contributed by atoms with van der Waals surface area (Å²) in [5.74, 6) is -0.310. The van der Waals surface area contributed by atoms with Crippen LogP contribution in [0.15, 0.2) is 42.5 Å². The largest absolute Gasteiger partial charge is 0.389 e. The van der Waals surface area contributed by atoms with E-state index < -0.39 is 6.10 Å². The van der Waals surface area contributed by atoms with Crippen LogP contribution in [-0.4, -0.2) is 11.7 Å². The first-order chi connectivity index (χ1) is 9.66. The monoisotopic (exact) mass is 271 g/mol. The summed E-state index contributed by atoms with van der Waals surface area (Å²) in [6, 6.07) is 12.9. The zero-order valence-corrected chi connectivity index (χ0v) is 11.5. The lowest BCUT2D eigenvalue weighted by atomic mass is 9.99. The molecule has 20 heavy (non-hydrogen) atoms. The minimum Gasteiger partial charge on any atom is -0.389 e. The van der Waals surface area contributed by atoms with Crippen LogP contribution in [0.2, 0.25) is 0 Å². The Bertz CT molecular complexity index is 624. The van der Waals surface area contributed by atoms with E-state index in [2.05, 4.69) is 17.0 Å². The van der Waals surface area contributed by atoms with Gasteiger partial charge in [0.1, 0.15) is 5.82 Å². The highest BCUT2D eigenvalue weighted by molar-refractivity contribution is 5.70. The second-order valence-electron chi connectivity index (χ2n) is 5.26. The lowest BCUT2D eigenvalue weighted by Crippen LogP contribution is -2.25. The number of aryl methyl sites for hydroxylation is 1. The van der Waals surface area contributed by atoms with E-state index in [0.717, 1.165) is 30.8 Å². The first kappa shape index (κ1) is 13.1. The van der Waals surface area contributed by atoms with E-state index in [4.69, 9.17) is 0 Å². The zero-order valence-electron chi connectivity index (χ0n) is 11.5. The summed E-state index contributed by atoms with van der Waals surface area (Å²) in [6.45, 7) is 2.57. The molecule has 0 unspecified atom stereocenters. The third-order valence-corrected chi connectivity index (χ3v) is 3.84. The van der Waals surface area contributed by atoms with Gasteiger partial charge in [0.25, 0.3) is 0 Å². The number of nitrogens with zero attached hydrogens (tertiary/aromatic N) is 1. The van der Waals surface area contributed by atoms with Gasteiger partial charge in [-0.2, -0.15) is 0 Å². The maximum absolute atomic E-state index is 13.4. The molecule has 1 aliphatic rings. The Morgan fingerprint density at radius 3 is 2.75 bits per heavy atom. The Morgan fingerprint density at radius 2 is 1.95 bits per heavy atom. The normalized spacial score (nSPS) is 15.8. The van der Waals surface area contributed by atoms with Crippen molar-refractivity contribution in [1.82, 2.24) is 0 Å². The van der Waals surface area contributed by atoms with Crippen LogP contribution in [-0.2, 0) is 6.42 Å². The number of para-hydroxylation sites is 1. The molecule has 0 amide bonds. The summed E-state index contributed by atoms with van der Waals surface area (Å²) in [5.41, 5.74) is 4.00. The Balaban J connectivity index is 2.11. The highest BCUT2D eigenvalue weighted by atomic mass is 19.1. The molecular formula is C17H18FNO. The van der Waals surface area contributed by atoms with Crippen LogP contribution in [0.25, 0.3) is 0 Å². The van der Waals surface area contributed by atoms with Crippen molar-refractivity contribution in [1.29, 1.82) is 0 Å². The molecular weight excluding hydrogens is 253 g/mol. The number of aliphatic hydroxyl groups is 1. The summed E-state index contributed by atoms with van der Waals surface area (Å²) < 4.78 is 13.4. The van der Waals surface area contributed by atoms with Crippen molar-refractivity contribution in [3.05, 3.63) is 59.4 Å². The van der Waals surface area contributed by atoms with Crippen molar-refractivity contribution in [2.75, 3.05) is 11.4 Å². The fourth-order valence-electron chi connectivity index (χ4n) is 2.89. The third-order valence-electron chi connectivity index (χ3n) is 3.84. The topological polar surface area (TPSA) is 23.5 Å². The average Bonchev–Trinajstić information content (AvgIpc) is 2.46. The Morgan fingerprint density at radius 1 is 1.15 bits per heavy atom. The summed E-state index contributed by atoms with van der Waals surface area (Å²) in [6.07, 6.45) is 1.45. The van der Waals surface area contributed by atoms with Gasteiger partial charge in [0.2, 0.25) is 0 Å². The molecule has 2 nitrogen and oxygen atoms in total. The SMILES string of the molecule is C[C@@H](O)c1cc(F)ccc1N1CCCc2ccccc21. The van der Waals surface area contributed by atoms with Gasteiger partial charge in [0, 0.05) is 23.5 Å². The van der Waals surface area contributed by atoms with Gasteiger partial charge in [-0.15, -0.1) is 0 Å². The van der Waals surface area contributed by atoms with E-state index in [1.807, 2.05) is 12.1 Å². The first-order valence-corrected chi connectivity index (χ1v) is 7.00. The molecule has 0 fully saturated rings. The van der Waals surface area contributed by atoms with Crippen molar-refractivity contribution in [2.45, 2.75) is 25.9 Å². The van der Waals surface area contributed by atoms with E-state index in [-0.39, 0.29) is 5.82 Å². The van der Waals surface area contributed by atoms with E-state index in [1.54, 1.807) is 13.0 Å². The first-order valence-electron chi connectivity index (χ1n) is 7.00. The summed E-state index contributed by atoms with van der Waals surface area (Å²) >= 11 is 0. The predicted molar refractivity (Wildman–Crippen MR) is 78.8 cm³/mol. The molecule has 1 N–H and O–H groups in total. The number of benzene rings is 2. The second-order valence-corrected chi connectivity index (χ2v) is 5.26. The molecule has 0 saturated carbocycles. The molecule has 0 spiro atoms. The molecule has 0 aromatic heterocycles. The van der Waals surface area contributed by atoms with Crippen molar-refractivity contribution in [3.63, 3.8) is 0 Å². The van der Waals surface area contributed by atoms with E-state index >= 15 is 0 Å². The molecule has 1 atom stereocenters. The lowest BCUT2D eigenvalue weighted by Gasteiger charge is -2.33. The molecule has 104 valence electrons. The van der Waals surface area contributed by atoms with Crippen molar-refractivity contribution in [2.24, 2.45) is 0 Å². The molecule has 0 aliphatic carbocycles. The smallest absolute Gasteiger partial charge is 0.123 e. The number of anilines is 2. The van der Waals surface area contributed by atoms with E-state index in [9.17, 15) is 9.50 Å². The maximum atomic E-state index is 13.4. The fourth-order valence-corrected chi connectivity index (χ4v) is 2.89. The van der Waals surface area contributed by atoms with Gasteiger partial charge in [-0.25, -0.2) is 4.39 Å². The summed E-state index contributed by atoms with van der Waals surface area (Å²) in [4.78, 5) is 2.18. The number of fused-ring (bicyclic) bond motifs is 1. The quantitative estimate of drug-likeness (QED) is 0.893. The van der Waals surface area contributed by atoms with Crippen molar-refractivity contribution >= 4 is 11.4 Å². The van der Waals surface area contributed by atoms with Gasteiger partial charge in [0.05, 0.1) is 6.10 Å². The van der Waals surface area contributed by atoms with Crippen LogP contribution < -0.4 is 4.90 Å². The van der Waals surface area contributed by atoms with Crippen LogP contribution >= 0.6 is 0 Å². The zero-order chi connectivity index (χ0) is 14.1. The molecule has 1 heterocycles. The summed E-state index contributed by atoms with van der Waals surface area (Å²) in [7, 11) is 0. The van der Waals surface area contributed by atoms with Gasteiger partial charge in [-0.1, -0.05) is 18.2 Å². The van der Waals surface area contributed by atoms with Crippen LogP contribution in [0.5, 0.6) is 0 Å². The molecule has 2 aromatic carbocycles. The Labute approximate surface area is 118 Å². The standard InChI is InChI=1S/C17H18FNO/c1-12(20)15-11-14(18)8-9-17(15)19-10-4-6-13-5-2-3-7-16(13)19/h2-3,5,7-9,11-12,20H,4,6,10H2,1H3/t12-/m1/s1. The third kappa shape index (κ3) is 2.29. The number of aliphatic hydroxyl groups excluding tert-OH is 1.